The Hall–Kier alpha value is -0.470. The van der Waals surface area contributed by atoms with Crippen LogP contribution in [0.5, 0.6) is 0 Å². The SMILES string of the molecule is CCSCCC(CNC1CC1)c1cccc(C)c1. The molecule has 100 valence electrons. The van der Waals surface area contributed by atoms with E-state index in [0.717, 1.165) is 12.6 Å². The van der Waals surface area contributed by atoms with Gasteiger partial charge in [0, 0.05) is 12.6 Å². The van der Waals surface area contributed by atoms with Crippen molar-refractivity contribution in [3.8, 4) is 0 Å². The summed E-state index contributed by atoms with van der Waals surface area (Å²) in [6.45, 7) is 5.59. The number of rotatable bonds is 8. The fourth-order valence-electron chi connectivity index (χ4n) is 2.28. The van der Waals surface area contributed by atoms with Crippen LogP contribution in [0.2, 0.25) is 0 Å². The van der Waals surface area contributed by atoms with E-state index in [-0.39, 0.29) is 0 Å². The van der Waals surface area contributed by atoms with E-state index in [4.69, 9.17) is 0 Å². The molecule has 1 aromatic rings. The van der Waals surface area contributed by atoms with Crippen LogP contribution < -0.4 is 5.32 Å². The summed E-state index contributed by atoms with van der Waals surface area (Å²) in [5, 5.41) is 3.69. The molecule has 2 heteroatoms. The van der Waals surface area contributed by atoms with E-state index in [1.807, 2.05) is 0 Å². The largest absolute Gasteiger partial charge is 0.313 e. The molecule has 0 saturated heterocycles. The van der Waals surface area contributed by atoms with Gasteiger partial charge < -0.3 is 5.32 Å². The van der Waals surface area contributed by atoms with Crippen molar-refractivity contribution in [1.29, 1.82) is 0 Å². The summed E-state index contributed by atoms with van der Waals surface area (Å²) in [6.07, 6.45) is 4.05. The first-order valence-electron chi connectivity index (χ1n) is 7.17. The van der Waals surface area contributed by atoms with Gasteiger partial charge in [-0.1, -0.05) is 36.8 Å². The minimum absolute atomic E-state index is 0.685. The maximum atomic E-state index is 3.69. The van der Waals surface area contributed by atoms with Crippen LogP contribution in [0.4, 0.5) is 0 Å². The second kappa shape index (κ2) is 7.20. The molecule has 1 aliphatic carbocycles. The van der Waals surface area contributed by atoms with Crippen LogP contribution in [0.1, 0.15) is 43.2 Å². The van der Waals surface area contributed by atoms with Gasteiger partial charge in [0.05, 0.1) is 0 Å². The van der Waals surface area contributed by atoms with Crippen molar-refractivity contribution in [3.05, 3.63) is 35.4 Å². The minimum Gasteiger partial charge on any atom is -0.313 e. The van der Waals surface area contributed by atoms with Crippen LogP contribution in [0.3, 0.4) is 0 Å². The Bertz CT molecular complexity index is 360. The Morgan fingerprint density at radius 1 is 1.39 bits per heavy atom. The third-order valence-corrected chi connectivity index (χ3v) is 4.49. The van der Waals surface area contributed by atoms with Gasteiger partial charge in [0.1, 0.15) is 0 Å². The third-order valence-electron chi connectivity index (χ3n) is 3.56. The molecule has 2 rings (SSSR count). The van der Waals surface area contributed by atoms with Gasteiger partial charge in [-0.25, -0.2) is 0 Å². The molecule has 1 saturated carbocycles. The smallest absolute Gasteiger partial charge is 0.00684 e. The highest BCUT2D eigenvalue weighted by atomic mass is 32.2. The molecule has 0 radical (unpaired) electrons. The highest BCUT2D eigenvalue weighted by Crippen LogP contribution is 2.25. The molecule has 1 fully saturated rings. The van der Waals surface area contributed by atoms with Crippen molar-refractivity contribution in [2.45, 2.75) is 45.1 Å². The lowest BCUT2D eigenvalue weighted by atomic mass is 9.95. The molecule has 1 nitrogen and oxygen atoms in total. The monoisotopic (exact) mass is 263 g/mol. The zero-order valence-electron chi connectivity index (χ0n) is 11.6. The second-order valence-electron chi connectivity index (χ2n) is 5.28. The van der Waals surface area contributed by atoms with E-state index in [1.165, 1.54) is 41.9 Å². The number of hydrogen-bond acceptors (Lipinski definition) is 2. The zero-order chi connectivity index (χ0) is 12.8. The molecule has 18 heavy (non-hydrogen) atoms. The molecule has 1 N–H and O–H groups in total. The van der Waals surface area contributed by atoms with Crippen LogP contribution >= 0.6 is 11.8 Å². The molecule has 1 aliphatic rings. The predicted octanol–water partition coefficient (Wildman–Crippen LogP) is 3.97. The second-order valence-corrected chi connectivity index (χ2v) is 6.67. The third kappa shape index (κ3) is 4.66. The number of hydrogen-bond donors (Lipinski definition) is 1. The maximum Gasteiger partial charge on any atom is 0.00684 e. The van der Waals surface area contributed by atoms with Crippen LogP contribution in [0.25, 0.3) is 0 Å². The molecule has 1 atom stereocenters. The van der Waals surface area contributed by atoms with Crippen LogP contribution in [0.15, 0.2) is 24.3 Å². The topological polar surface area (TPSA) is 12.0 Å². The minimum atomic E-state index is 0.685. The first-order valence-corrected chi connectivity index (χ1v) is 8.32. The molecule has 0 aromatic heterocycles. The van der Waals surface area contributed by atoms with E-state index >= 15 is 0 Å². The highest BCUT2D eigenvalue weighted by molar-refractivity contribution is 7.99. The fourth-order valence-corrected chi connectivity index (χ4v) is 3.02. The molecule has 0 bridgehead atoms. The summed E-state index contributed by atoms with van der Waals surface area (Å²) in [7, 11) is 0. The van der Waals surface area contributed by atoms with E-state index < -0.39 is 0 Å². The summed E-state index contributed by atoms with van der Waals surface area (Å²) in [6, 6.07) is 9.85. The Labute approximate surface area is 116 Å². The van der Waals surface area contributed by atoms with Crippen LogP contribution in [-0.2, 0) is 0 Å². The first kappa shape index (κ1) is 14.0. The molecule has 0 spiro atoms. The fraction of sp³-hybridized carbons (Fsp3) is 0.625. The Balaban J connectivity index is 1.92. The van der Waals surface area contributed by atoms with E-state index in [9.17, 15) is 0 Å². The van der Waals surface area contributed by atoms with Gasteiger partial charge in [-0.05, 0) is 49.2 Å². The van der Waals surface area contributed by atoms with Crippen molar-refractivity contribution < 1.29 is 0 Å². The van der Waals surface area contributed by atoms with E-state index in [1.54, 1.807) is 0 Å². The molecule has 1 unspecified atom stereocenters. The zero-order valence-corrected chi connectivity index (χ0v) is 12.4. The number of thioether (sulfide) groups is 1. The van der Waals surface area contributed by atoms with Gasteiger partial charge in [0.15, 0.2) is 0 Å². The van der Waals surface area contributed by atoms with Gasteiger partial charge in [0.2, 0.25) is 0 Å². The lowest BCUT2D eigenvalue weighted by Crippen LogP contribution is -2.24. The van der Waals surface area contributed by atoms with Gasteiger partial charge in [-0.3, -0.25) is 0 Å². The summed E-state index contributed by atoms with van der Waals surface area (Å²) >= 11 is 2.06. The lowest BCUT2D eigenvalue weighted by molar-refractivity contribution is 0.570. The van der Waals surface area contributed by atoms with E-state index in [0.29, 0.717) is 5.92 Å². The molecule has 0 amide bonds. The van der Waals surface area contributed by atoms with Gasteiger partial charge >= 0.3 is 0 Å². The summed E-state index contributed by atoms with van der Waals surface area (Å²) in [5.74, 6) is 3.20. The van der Waals surface area contributed by atoms with Crippen molar-refractivity contribution in [1.82, 2.24) is 5.32 Å². The summed E-state index contributed by atoms with van der Waals surface area (Å²) < 4.78 is 0. The van der Waals surface area contributed by atoms with Crippen LogP contribution in [0, 0.1) is 6.92 Å². The van der Waals surface area contributed by atoms with Gasteiger partial charge in [-0.2, -0.15) is 11.8 Å². The van der Waals surface area contributed by atoms with Gasteiger partial charge in [-0.15, -0.1) is 0 Å². The predicted molar refractivity (Wildman–Crippen MR) is 82.6 cm³/mol. The van der Waals surface area contributed by atoms with Crippen molar-refractivity contribution in [3.63, 3.8) is 0 Å². The molecular weight excluding hydrogens is 238 g/mol. The normalized spacial score (nSPS) is 16.8. The molecule has 0 heterocycles. The number of benzene rings is 1. The summed E-state index contributed by atoms with van der Waals surface area (Å²) in [4.78, 5) is 0. The average Bonchev–Trinajstić information content (AvgIpc) is 3.17. The van der Waals surface area contributed by atoms with Crippen molar-refractivity contribution in [2.24, 2.45) is 0 Å². The molecule has 0 aliphatic heterocycles. The Morgan fingerprint density at radius 3 is 2.89 bits per heavy atom. The van der Waals surface area contributed by atoms with Crippen molar-refractivity contribution >= 4 is 11.8 Å². The highest BCUT2D eigenvalue weighted by Gasteiger charge is 2.22. The standard InChI is InChI=1S/C16H25NS/c1-3-18-10-9-15(12-17-16-7-8-16)14-6-4-5-13(2)11-14/h4-6,11,15-17H,3,7-10,12H2,1-2H3. The summed E-state index contributed by atoms with van der Waals surface area (Å²) in [5.41, 5.74) is 2.90. The molecule has 1 aromatic carbocycles. The maximum absolute atomic E-state index is 3.69. The lowest BCUT2D eigenvalue weighted by Gasteiger charge is -2.18. The number of aryl methyl sites for hydroxylation is 1. The van der Waals surface area contributed by atoms with E-state index in [2.05, 4.69) is 55.2 Å². The average molecular weight is 263 g/mol. The number of nitrogens with one attached hydrogen (secondary N) is 1. The van der Waals surface area contributed by atoms with Gasteiger partial charge in [0.25, 0.3) is 0 Å². The van der Waals surface area contributed by atoms with Crippen molar-refractivity contribution in [2.75, 3.05) is 18.1 Å². The Morgan fingerprint density at radius 2 is 2.22 bits per heavy atom. The van der Waals surface area contributed by atoms with Crippen LogP contribution in [-0.4, -0.2) is 24.1 Å². The Kier molecular flexibility index (Phi) is 5.58. The molecular formula is C16H25NS. The first-order chi connectivity index (χ1) is 8.79. The quantitative estimate of drug-likeness (QED) is 0.712.